The first kappa shape index (κ1) is 18.3. The van der Waals surface area contributed by atoms with Gasteiger partial charge in [-0.2, -0.15) is 0 Å². The molecule has 144 valence electrons. The van der Waals surface area contributed by atoms with Crippen LogP contribution in [-0.2, 0) is 11.3 Å². The van der Waals surface area contributed by atoms with Gasteiger partial charge in [-0.25, -0.2) is 15.0 Å². The number of rotatable bonds is 5. The number of morpholine rings is 1. The maximum Gasteiger partial charge on any atom is 0.166 e. The van der Waals surface area contributed by atoms with Gasteiger partial charge in [0.05, 0.1) is 18.9 Å². The van der Waals surface area contributed by atoms with Crippen LogP contribution in [0.2, 0.25) is 0 Å². The van der Waals surface area contributed by atoms with E-state index in [0.717, 1.165) is 53.6 Å². The molecule has 4 rings (SSSR count). The Hall–Kier alpha value is -3.06. The third-order valence-electron chi connectivity index (χ3n) is 5.03. The second-order valence-electron chi connectivity index (χ2n) is 6.74. The number of hydrogen-bond acceptors (Lipinski definition) is 6. The summed E-state index contributed by atoms with van der Waals surface area (Å²) in [5, 5.41) is 8.04. The van der Waals surface area contributed by atoms with E-state index in [2.05, 4.69) is 23.0 Å². The highest BCUT2D eigenvalue weighted by Crippen LogP contribution is 2.29. The second kappa shape index (κ2) is 7.52. The molecule has 3 aromatic rings. The topological polar surface area (TPSA) is 79.9 Å². The van der Waals surface area contributed by atoms with Crippen LogP contribution < -0.4 is 4.90 Å². The number of anilines is 1. The molecule has 28 heavy (non-hydrogen) atoms. The molecule has 1 aliphatic heterocycles. The first-order valence-corrected chi connectivity index (χ1v) is 9.51. The normalized spacial score (nSPS) is 14.4. The first-order chi connectivity index (χ1) is 13.6. The zero-order valence-electron chi connectivity index (χ0n) is 16.3. The lowest BCUT2D eigenvalue weighted by molar-refractivity contribution is 0.122. The van der Waals surface area contributed by atoms with Gasteiger partial charge in [0.25, 0.3) is 0 Å². The summed E-state index contributed by atoms with van der Waals surface area (Å²) in [6.07, 6.45) is 1.54. The average Bonchev–Trinajstić information content (AvgIpc) is 3.08. The maximum atomic E-state index is 8.04. The Morgan fingerprint density at radius 1 is 1.25 bits per heavy atom. The van der Waals surface area contributed by atoms with Crippen molar-refractivity contribution in [3.63, 3.8) is 0 Å². The van der Waals surface area contributed by atoms with Crippen LogP contribution in [0.3, 0.4) is 0 Å². The van der Waals surface area contributed by atoms with Crippen LogP contribution >= 0.6 is 0 Å². The Morgan fingerprint density at radius 2 is 2.04 bits per heavy atom. The number of allylic oxidation sites excluding steroid dienone is 1. The van der Waals surface area contributed by atoms with Gasteiger partial charge < -0.3 is 19.6 Å². The Labute approximate surface area is 164 Å². The second-order valence-corrected chi connectivity index (χ2v) is 6.74. The van der Waals surface area contributed by atoms with Crippen molar-refractivity contribution in [2.24, 2.45) is 0 Å². The molecule has 1 aliphatic rings. The molecule has 0 unspecified atom stereocenters. The quantitative estimate of drug-likeness (QED) is 0.692. The van der Waals surface area contributed by atoms with Crippen LogP contribution in [0.1, 0.15) is 18.3 Å². The number of benzene rings is 1. The molecule has 2 aromatic heterocycles. The zero-order valence-corrected chi connectivity index (χ0v) is 16.3. The van der Waals surface area contributed by atoms with Crippen molar-refractivity contribution in [1.82, 2.24) is 19.5 Å². The van der Waals surface area contributed by atoms with E-state index in [-0.39, 0.29) is 0 Å². The summed E-state index contributed by atoms with van der Waals surface area (Å²) in [5.74, 6) is 2.42. The zero-order chi connectivity index (χ0) is 19.7. The van der Waals surface area contributed by atoms with E-state index in [1.165, 1.54) is 6.08 Å². The van der Waals surface area contributed by atoms with Crippen LogP contribution in [0.5, 0.6) is 0 Å². The fraction of sp³-hybridized carbons (Fsp3) is 0.333. The van der Waals surface area contributed by atoms with Crippen LogP contribution in [0.25, 0.3) is 22.6 Å². The van der Waals surface area contributed by atoms with Crippen molar-refractivity contribution in [3.05, 3.63) is 48.3 Å². The van der Waals surface area contributed by atoms with Crippen molar-refractivity contribution in [1.29, 1.82) is 5.41 Å². The standard InChI is InChI=1S/C21H24N6O/c1-4-17(22)15-7-6-8-16(13-15)19-24-20(26-9-11-28-12-10-26)18-21(25-19)27(5-2)14(3)23-18/h4,6-8,13,22H,1,5,9-12H2,2-3H3. The van der Waals surface area contributed by atoms with Gasteiger partial charge >= 0.3 is 0 Å². The number of nitrogens with zero attached hydrogens (tertiary/aromatic N) is 5. The highest BCUT2D eigenvalue weighted by molar-refractivity contribution is 6.06. The van der Waals surface area contributed by atoms with E-state index in [1.54, 1.807) is 0 Å². The molecular weight excluding hydrogens is 352 g/mol. The van der Waals surface area contributed by atoms with E-state index >= 15 is 0 Å². The van der Waals surface area contributed by atoms with Crippen molar-refractivity contribution >= 4 is 22.7 Å². The largest absolute Gasteiger partial charge is 0.378 e. The highest BCUT2D eigenvalue weighted by atomic mass is 16.5. The molecule has 7 heteroatoms. The van der Waals surface area contributed by atoms with Gasteiger partial charge in [0, 0.05) is 30.8 Å². The van der Waals surface area contributed by atoms with E-state index in [1.807, 2.05) is 31.2 Å². The SMILES string of the molecule is C=CC(=N)c1cccc(-c2nc(N3CCOCC3)c3nc(C)n(CC)c3n2)c1. The minimum absolute atomic E-state index is 0.380. The Balaban J connectivity index is 1.91. The third-order valence-corrected chi connectivity index (χ3v) is 5.03. The van der Waals surface area contributed by atoms with Crippen molar-refractivity contribution in [3.8, 4) is 11.4 Å². The fourth-order valence-corrected chi connectivity index (χ4v) is 3.54. The number of ether oxygens (including phenoxy) is 1. The molecule has 1 aromatic carbocycles. The molecule has 0 amide bonds. The summed E-state index contributed by atoms with van der Waals surface area (Å²) in [6.45, 7) is 11.5. The van der Waals surface area contributed by atoms with Gasteiger partial charge in [0.2, 0.25) is 0 Å². The molecule has 1 fully saturated rings. The molecule has 0 radical (unpaired) electrons. The highest BCUT2D eigenvalue weighted by Gasteiger charge is 2.22. The summed E-state index contributed by atoms with van der Waals surface area (Å²) in [6, 6.07) is 7.74. The van der Waals surface area contributed by atoms with Gasteiger partial charge in [-0.3, -0.25) is 0 Å². The van der Waals surface area contributed by atoms with Gasteiger partial charge in [-0.05, 0) is 26.0 Å². The van der Waals surface area contributed by atoms with Crippen LogP contribution in [0.15, 0.2) is 36.9 Å². The van der Waals surface area contributed by atoms with E-state index in [4.69, 9.17) is 25.1 Å². The van der Waals surface area contributed by atoms with Crippen molar-refractivity contribution in [2.75, 3.05) is 31.2 Å². The summed E-state index contributed by atoms with van der Waals surface area (Å²) in [4.78, 5) is 16.7. The lowest BCUT2D eigenvalue weighted by Gasteiger charge is -2.28. The third kappa shape index (κ3) is 3.18. The van der Waals surface area contributed by atoms with Crippen LogP contribution in [0, 0.1) is 12.3 Å². The van der Waals surface area contributed by atoms with E-state index < -0.39 is 0 Å². The van der Waals surface area contributed by atoms with Crippen LogP contribution in [-0.4, -0.2) is 51.5 Å². The molecule has 0 aliphatic carbocycles. The molecule has 0 bridgehead atoms. The predicted octanol–water partition coefficient (Wildman–Crippen LogP) is 3.21. The lowest BCUT2D eigenvalue weighted by atomic mass is 10.1. The van der Waals surface area contributed by atoms with Gasteiger partial charge in [-0.15, -0.1) is 0 Å². The summed E-state index contributed by atoms with van der Waals surface area (Å²) in [7, 11) is 0. The number of aromatic nitrogens is 4. The molecule has 1 saturated heterocycles. The fourth-order valence-electron chi connectivity index (χ4n) is 3.54. The summed E-state index contributed by atoms with van der Waals surface area (Å²) < 4.78 is 7.62. The molecule has 7 nitrogen and oxygen atoms in total. The predicted molar refractivity (Wildman–Crippen MR) is 111 cm³/mol. The van der Waals surface area contributed by atoms with Crippen molar-refractivity contribution in [2.45, 2.75) is 20.4 Å². The molecule has 0 atom stereocenters. The number of imidazole rings is 1. The Bertz CT molecular complexity index is 1050. The molecule has 0 saturated carbocycles. The van der Waals surface area contributed by atoms with Gasteiger partial charge in [0.1, 0.15) is 5.82 Å². The molecule has 3 heterocycles. The van der Waals surface area contributed by atoms with Gasteiger partial charge in [0.15, 0.2) is 22.8 Å². The molecular formula is C21H24N6O. The number of aryl methyl sites for hydroxylation is 2. The summed E-state index contributed by atoms with van der Waals surface area (Å²) >= 11 is 0. The minimum atomic E-state index is 0.380. The number of fused-ring (bicyclic) bond motifs is 1. The Kier molecular flexibility index (Phi) is 4.92. The molecule has 0 spiro atoms. The first-order valence-electron chi connectivity index (χ1n) is 9.51. The van der Waals surface area contributed by atoms with Crippen LogP contribution in [0.4, 0.5) is 5.82 Å². The van der Waals surface area contributed by atoms with Gasteiger partial charge in [-0.1, -0.05) is 24.8 Å². The lowest BCUT2D eigenvalue weighted by Crippen LogP contribution is -2.37. The van der Waals surface area contributed by atoms with Crippen molar-refractivity contribution < 1.29 is 4.74 Å². The number of nitrogens with one attached hydrogen (secondary N) is 1. The monoisotopic (exact) mass is 376 g/mol. The Morgan fingerprint density at radius 3 is 2.75 bits per heavy atom. The van der Waals surface area contributed by atoms with E-state index in [9.17, 15) is 0 Å². The van der Waals surface area contributed by atoms with E-state index in [0.29, 0.717) is 24.7 Å². The average molecular weight is 376 g/mol. The minimum Gasteiger partial charge on any atom is -0.378 e. The smallest absolute Gasteiger partial charge is 0.166 e. The summed E-state index contributed by atoms with van der Waals surface area (Å²) in [5.41, 5.74) is 3.73. The maximum absolute atomic E-state index is 8.04. The number of hydrogen-bond donors (Lipinski definition) is 1. The molecule has 1 N–H and O–H groups in total.